The van der Waals surface area contributed by atoms with Crippen LogP contribution in [0.3, 0.4) is 0 Å². The summed E-state index contributed by atoms with van der Waals surface area (Å²) in [4.78, 5) is 63.3. The Morgan fingerprint density at radius 3 is 1.42 bits per heavy atom. The number of hydrazine groups is 1. The lowest BCUT2D eigenvalue weighted by atomic mass is 10.00. The van der Waals surface area contributed by atoms with Gasteiger partial charge in [0, 0.05) is 32.1 Å². The molecule has 2 fully saturated rings. The molecule has 2 heterocycles. The van der Waals surface area contributed by atoms with Gasteiger partial charge < -0.3 is 49.6 Å². The number of unbranched alkanes of at least 4 members (excludes halogenated alkanes) is 3. The van der Waals surface area contributed by atoms with E-state index in [1.807, 2.05) is 0 Å². The van der Waals surface area contributed by atoms with Gasteiger partial charge in [-0.25, -0.2) is 5.43 Å². The maximum absolute atomic E-state index is 12.9. The van der Waals surface area contributed by atoms with Crippen molar-refractivity contribution < 1.29 is 73.6 Å². The van der Waals surface area contributed by atoms with E-state index in [2.05, 4.69) is 10.9 Å². The van der Waals surface area contributed by atoms with Gasteiger partial charge in [0.2, 0.25) is 5.91 Å². The second kappa shape index (κ2) is 25.0. The monoisotopic (exact) mass is 763 g/mol. The first-order chi connectivity index (χ1) is 25.1. The summed E-state index contributed by atoms with van der Waals surface area (Å²) in [6.07, 6.45) is -8.30. The Balaban J connectivity index is 1.79. The Morgan fingerprint density at radius 1 is 0.566 bits per heavy atom. The minimum absolute atomic E-state index is 0.00569. The van der Waals surface area contributed by atoms with Gasteiger partial charge in [-0.2, -0.15) is 0 Å². The molecule has 2 saturated heterocycles. The topological polar surface area (TPSA) is 271 Å². The Morgan fingerprint density at radius 2 is 0.981 bits per heavy atom. The number of nitrogens with one attached hydrogen (secondary N) is 2. The van der Waals surface area contributed by atoms with Gasteiger partial charge in [0.05, 0.1) is 51.6 Å². The summed E-state index contributed by atoms with van der Waals surface area (Å²) in [7, 11) is 0. The fourth-order valence-corrected chi connectivity index (χ4v) is 5.78. The van der Waals surface area contributed by atoms with Crippen molar-refractivity contribution in [2.75, 3.05) is 39.4 Å². The summed E-state index contributed by atoms with van der Waals surface area (Å²) in [6.45, 7) is 4.39. The highest BCUT2D eigenvalue weighted by Crippen LogP contribution is 2.23. The SMILES string of the molecule is CCC(=O)CNNC(=O)CCCCCCC(=O)CN(CC(=O)CCCO[C@@H]1O[C@@H](C)[C@@H](O)[C@@H](O)[C@@H]1O)CC(=O)CCCO[C@@H]1O[C@@H](C)[C@@H](O)[C@@H](O)[C@@H]1O. The van der Waals surface area contributed by atoms with Crippen LogP contribution in [-0.2, 0) is 42.9 Å². The first kappa shape index (κ1) is 46.8. The van der Waals surface area contributed by atoms with Crippen molar-refractivity contribution in [2.24, 2.45) is 0 Å². The van der Waals surface area contributed by atoms with E-state index in [1.165, 1.54) is 18.7 Å². The normalized spacial score (nSPS) is 28.9. The third-order valence-corrected chi connectivity index (χ3v) is 9.10. The third kappa shape index (κ3) is 17.3. The van der Waals surface area contributed by atoms with Crippen LogP contribution in [0.1, 0.15) is 91.4 Å². The average Bonchev–Trinajstić information content (AvgIpc) is 3.11. The number of amides is 1. The van der Waals surface area contributed by atoms with Gasteiger partial charge in [0.25, 0.3) is 0 Å². The number of nitrogens with zero attached hydrogens (tertiary/aromatic N) is 1. The highest BCUT2D eigenvalue weighted by molar-refractivity contribution is 5.86. The standard InChI is InChI=1S/C35H61N3O15/c1-4-23(39)17-36-37-27(43)14-8-6-5-7-11-24(40)18-38(19-25(41)12-9-15-50-34-32(48)30(46)28(44)21(2)52-34)20-26(42)13-10-16-51-35-33(49)31(47)29(45)22(3)53-35/h21-22,28-36,44-49H,4-20H2,1-3H3,(H,37,43)/t21-,22-,28+,29+,30+,31+,32-,33-,34+,35+/m0/s1. The quantitative estimate of drug-likeness (QED) is 0.0338. The Hall–Kier alpha value is -2.33. The van der Waals surface area contributed by atoms with Crippen LogP contribution in [0.2, 0.25) is 0 Å². The van der Waals surface area contributed by atoms with Crippen LogP contribution < -0.4 is 10.9 Å². The zero-order valence-electron chi connectivity index (χ0n) is 31.1. The van der Waals surface area contributed by atoms with E-state index >= 15 is 0 Å². The summed E-state index contributed by atoms with van der Waals surface area (Å²) in [5, 5.41) is 59.8. The molecule has 2 aliphatic rings. The number of carbonyl (C=O) groups is 5. The minimum atomic E-state index is -1.47. The largest absolute Gasteiger partial charge is 0.388 e. The summed E-state index contributed by atoms with van der Waals surface area (Å²) < 4.78 is 21.8. The van der Waals surface area contributed by atoms with E-state index < -0.39 is 61.4 Å². The molecule has 0 aromatic rings. The fourth-order valence-electron chi connectivity index (χ4n) is 5.78. The Bertz CT molecular complexity index is 1090. The van der Waals surface area contributed by atoms with Crippen molar-refractivity contribution in [1.29, 1.82) is 0 Å². The number of ether oxygens (including phenoxy) is 4. The molecule has 0 saturated carbocycles. The number of rotatable bonds is 27. The molecule has 0 unspecified atom stereocenters. The van der Waals surface area contributed by atoms with E-state index in [9.17, 15) is 54.6 Å². The third-order valence-electron chi connectivity index (χ3n) is 9.10. The van der Waals surface area contributed by atoms with Crippen molar-refractivity contribution in [3.63, 3.8) is 0 Å². The van der Waals surface area contributed by atoms with Crippen LogP contribution in [0.4, 0.5) is 0 Å². The summed E-state index contributed by atoms with van der Waals surface area (Å²) in [5.41, 5.74) is 5.08. The molecule has 0 radical (unpaired) electrons. The zero-order valence-corrected chi connectivity index (χ0v) is 31.1. The highest BCUT2D eigenvalue weighted by atomic mass is 16.7. The smallest absolute Gasteiger partial charge is 0.234 e. The van der Waals surface area contributed by atoms with Gasteiger partial charge in [-0.3, -0.25) is 34.3 Å². The van der Waals surface area contributed by atoms with Crippen molar-refractivity contribution in [3.8, 4) is 0 Å². The summed E-state index contributed by atoms with van der Waals surface area (Å²) in [5.74, 6) is -0.909. The molecular weight excluding hydrogens is 702 g/mol. The first-order valence-corrected chi connectivity index (χ1v) is 18.6. The molecule has 0 bridgehead atoms. The van der Waals surface area contributed by atoms with Crippen LogP contribution in [-0.4, -0.2) is 165 Å². The number of hydrogen-bond donors (Lipinski definition) is 8. The molecule has 8 N–H and O–H groups in total. The molecule has 0 aliphatic carbocycles. The van der Waals surface area contributed by atoms with Crippen molar-refractivity contribution in [3.05, 3.63) is 0 Å². The molecule has 1 amide bonds. The number of hydrogen-bond acceptors (Lipinski definition) is 17. The molecule has 306 valence electrons. The molecule has 2 rings (SSSR count). The van der Waals surface area contributed by atoms with Gasteiger partial charge in [0.15, 0.2) is 12.6 Å². The molecule has 2 aliphatic heterocycles. The van der Waals surface area contributed by atoms with Gasteiger partial charge in [-0.15, -0.1) is 0 Å². The number of ketones is 4. The molecule has 53 heavy (non-hydrogen) atoms. The van der Waals surface area contributed by atoms with Crippen molar-refractivity contribution >= 4 is 29.0 Å². The summed E-state index contributed by atoms with van der Waals surface area (Å²) in [6, 6.07) is 0. The van der Waals surface area contributed by atoms with Crippen molar-refractivity contribution in [2.45, 2.75) is 153 Å². The zero-order chi connectivity index (χ0) is 39.5. The maximum atomic E-state index is 12.9. The number of aliphatic hydroxyl groups is 6. The van der Waals surface area contributed by atoms with Crippen LogP contribution in [0.25, 0.3) is 0 Å². The van der Waals surface area contributed by atoms with E-state index in [4.69, 9.17) is 18.9 Å². The lowest BCUT2D eigenvalue weighted by Crippen LogP contribution is -2.57. The van der Waals surface area contributed by atoms with Crippen LogP contribution in [0.15, 0.2) is 0 Å². The lowest BCUT2D eigenvalue weighted by molar-refractivity contribution is -0.293. The van der Waals surface area contributed by atoms with Crippen LogP contribution in [0, 0.1) is 0 Å². The molecule has 18 heteroatoms. The van der Waals surface area contributed by atoms with E-state index in [1.54, 1.807) is 6.92 Å². The van der Waals surface area contributed by atoms with Gasteiger partial charge in [-0.05, 0) is 39.5 Å². The van der Waals surface area contributed by atoms with E-state index in [0.717, 1.165) is 0 Å². The number of carbonyl (C=O) groups excluding carboxylic acids is 5. The van der Waals surface area contributed by atoms with E-state index in [0.29, 0.717) is 32.1 Å². The molecule has 10 atom stereocenters. The Kier molecular flexibility index (Phi) is 22.0. The average molecular weight is 764 g/mol. The van der Waals surface area contributed by atoms with Gasteiger partial charge in [-0.1, -0.05) is 19.8 Å². The van der Waals surface area contributed by atoms with E-state index in [-0.39, 0.29) is 107 Å². The maximum Gasteiger partial charge on any atom is 0.234 e. The fraction of sp³-hybridized carbons (Fsp3) is 0.857. The Labute approximate surface area is 310 Å². The first-order valence-electron chi connectivity index (χ1n) is 18.6. The molecule has 0 spiro atoms. The van der Waals surface area contributed by atoms with Crippen LogP contribution >= 0.6 is 0 Å². The van der Waals surface area contributed by atoms with Gasteiger partial charge in [0.1, 0.15) is 59.8 Å². The number of Topliss-reactive ketones (excluding diaryl/α,β-unsaturated/α-hetero) is 4. The lowest BCUT2D eigenvalue weighted by Gasteiger charge is -2.38. The molecular formula is C35H61N3O15. The second-order valence-electron chi connectivity index (χ2n) is 13.8. The van der Waals surface area contributed by atoms with Crippen molar-refractivity contribution in [1.82, 2.24) is 15.8 Å². The molecule has 0 aromatic heterocycles. The highest BCUT2D eigenvalue weighted by Gasteiger charge is 2.43. The van der Waals surface area contributed by atoms with Crippen LogP contribution in [0.5, 0.6) is 0 Å². The minimum Gasteiger partial charge on any atom is -0.388 e. The predicted molar refractivity (Wildman–Crippen MR) is 186 cm³/mol. The second-order valence-corrected chi connectivity index (χ2v) is 13.8. The molecule has 18 nitrogen and oxygen atoms in total. The number of aliphatic hydroxyl groups excluding tert-OH is 6. The molecule has 0 aromatic carbocycles. The predicted octanol–water partition coefficient (Wildman–Crippen LogP) is -1.82. The van der Waals surface area contributed by atoms with Gasteiger partial charge >= 0.3 is 0 Å². The summed E-state index contributed by atoms with van der Waals surface area (Å²) >= 11 is 0.